The number of benzene rings is 1. The minimum absolute atomic E-state index is 0.213. The SMILES string of the molecule is Cc1cn[nH]c1NC(=O)c1ccc(-c2nnco2)cc1. The fourth-order valence-corrected chi connectivity index (χ4v) is 1.72. The fourth-order valence-electron chi connectivity index (χ4n) is 1.72. The zero-order chi connectivity index (χ0) is 13.9. The van der Waals surface area contributed by atoms with Crippen LogP contribution in [-0.2, 0) is 0 Å². The van der Waals surface area contributed by atoms with E-state index in [-0.39, 0.29) is 5.91 Å². The molecule has 0 unspecified atom stereocenters. The molecule has 2 heterocycles. The van der Waals surface area contributed by atoms with Gasteiger partial charge in [-0.2, -0.15) is 5.10 Å². The summed E-state index contributed by atoms with van der Waals surface area (Å²) in [6.45, 7) is 1.86. The van der Waals surface area contributed by atoms with Gasteiger partial charge in [-0.1, -0.05) is 0 Å². The van der Waals surface area contributed by atoms with Crippen LogP contribution < -0.4 is 5.32 Å². The second-order valence-electron chi connectivity index (χ2n) is 4.20. The summed E-state index contributed by atoms with van der Waals surface area (Å²) in [4.78, 5) is 12.1. The van der Waals surface area contributed by atoms with Gasteiger partial charge in [-0.25, -0.2) is 0 Å². The number of nitrogens with zero attached hydrogens (tertiary/aromatic N) is 3. The number of amides is 1. The Labute approximate surface area is 114 Å². The van der Waals surface area contributed by atoms with E-state index in [0.717, 1.165) is 11.1 Å². The third-order valence-electron chi connectivity index (χ3n) is 2.82. The molecule has 0 spiro atoms. The summed E-state index contributed by atoms with van der Waals surface area (Å²) in [6, 6.07) is 6.89. The number of hydrogen-bond acceptors (Lipinski definition) is 5. The number of hydrogen-bond donors (Lipinski definition) is 2. The number of carbonyl (C=O) groups is 1. The van der Waals surface area contributed by atoms with Crippen LogP contribution in [-0.4, -0.2) is 26.3 Å². The fraction of sp³-hybridized carbons (Fsp3) is 0.0769. The first-order valence-electron chi connectivity index (χ1n) is 5.92. The summed E-state index contributed by atoms with van der Waals surface area (Å²) >= 11 is 0. The molecule has 2 N–H and O–H groups in total. The van der Waals surface area contributed by atoms with Crippen molar-refractivity contribution in [3.8, 4) is 11.5 Å². The van der Waals surface area contributed by atoms with Crippen LogP contribution in [0.3, 0.4) is 0 Å². The van der Waals surface area contributed by atoms with E-state index in [0.29, 0.717) is 17.3 Å². The van der Waals surface area contributed by atoms with Crippen LogP contribution in [0.15, 0.2) is 41.3 Å². The van der Waals surface area contributed by atoms with Crippen LogP contribution in [0.1, 0.15) is 15.9 Å². The van der Waals surface area contributed by atoms with Crippen molar-refractivity contribution in [2.45, 2.75) is 6.92 Å². The highest BCUT2D eigenvalue weighted by Gasteiger charge is 2.10. The molecular weight excluding hydrogens is 258 g/mol. The van der Waals surface area contributed by atoms with Gasteiger partial charge in [0.25, 0.3) is 5.91 Å². The minimum atomic E-state index is -0.213. The molecule has 0 atom stereocenters. The maximum Gasteiger partial charge on any atom is 0.256 e. The molecule has 1 amide bonds. The van der Waals surface area contributed by atoms with E-state index < -0.39 is 0 Å². The third kappa shape index (κ3) is 2.28. The summed E-state index contributed by atoms with van der Waals surface area (Å²) in [5.41, 5.74) is 2.17. The minimum Gasteiger partial charge on any atom is -0.423 e. The van der Waals surface area contributed by atoms with Crippen molar-refractivity contribution in [3.63, 3.8) is 0 Å². The van der Waals surface area contributed by atoms with Gasteiger partial charge in [-0.05, 0) is 31.2 Å². The van der Waals surface area contributed by atoms with Crippen molar-refractivity contribution < 1.29 is 9.21 Å². The Balaban J connectivity index is 1.78. The van der Waals surface area contributed by atoms with Crippen molar-refractivity contribution in [1.82, 2.24) is 20.4 Å². The first-order valence-corrected chi connectivity index (χ1v) is 5.92. The van der Waals surface area contributed by atoms with E-state index in [1.54, 1.807) is 30.5 Å². The summed E-state index contributed by atoms with van der Waals surface area (Å²) in [7, 11) is 0. The molecule has 3 rings (SSSR count). The predicted molar refractivity (Wildman–Crippen MR) is 71.0 cm³/mol. The molecule has 0 bridgehead atoms. The second kappa shape index (κ2) is 4.96. The van der Waals surface area contributed by atoms with Gasteiger partial charge in [-0.3, -0.25) is 9.89 Å². The topological polar surface area (TPSA) is 96.7 Å². The highest BCUT2D eigenvalue weighted by atomic mass is 16.4. The zero-order valence-corrected chi connectivity index (χ0v) is 10.6. The average Bonchev–Trinajstić information content (AvgIpc) is 3.12. The Morgan fingerprint density at radius 2 is 2.10 bits per heavy atom. The quantitative estimate of drug-likeness (QED) is 0.758. The molecule has 2 aromatic heterocycles. The lowest BCUT2D eigenvalue weighted by Gasteiger charge is -2.04. The Bertz CT molecular complexity index is 716. The molecule has 0 fully saturated rings. The molecule has 7 nitrogen and oxygen atoms in total. The lowest BCUT2D eigenvalue weighted by atomic mass is 10.1. The number of aromatic amines is 1. The largest absolute Gasteiger partial charge is 0.423 e. The Morgan fingerprint density at radius 3 is 2.70 bits per heavy atom. The molecule has 0 aliphatic heterocycles. The number of nitrogens with one attached hydrogen (secondary N) is 2. The molecule has 0 aliphatic carbocycles. The number of carbonyl (C=O) groups excluding carboxylic acids is 1. The highest BCUT2D eigenvalue weighted by Crippen LogP contribution is 2.17. The molecule has 1 aromatic carbocycles. The van der Waals surface area contributed by atoms with Crippen LogP contribution >= 0.6 is 0 Å². The van der Waals surface area contributed by atoms with Gasteiger partial charge in [0.2, 0.25) is 12.3 Å². The number of H-pyrrole nitrogens is 1. The van der Waals surface area contributed by atoms with Crippen LogP contribution in [0.2, 0.25) is 0 Å². The van der Waals surface area contributed by atoms with Gasteiger partial charge in [-0.15, -0.1) is 10.2 Å². The van der Waals surface area contributed by atoms with E-state index in [2.05, 4.69) is 25.7 Å². The van der Waals surface area contributed by atoms with Crippen LogP contribution in [0.4, 0.5) is 5.82 Å². The number of aryl methyl sites for hydroxylation is 1. The molecule has 3 aromatic rings. The first-order chi connectivity index (χ1) is 9.74. The van der Waals surface area contributed by atoms with Crippen LogP contribution in [0.25, 0.3) is 11.5 Å². The summed E-state index contributed by atoms with van der Waals surface area (Å²) in [5, 5.41) is 16.7. The summed E-state index contributed by atoms with van der Waals surface area (Å²) < 4.78 is 5.08. The molecule has 0 saturated carbocycles. The van der Waals surface area contributed by atoms with Crippen molar-refractivity contribution in [3.05, 3.63) is 48.0 Å². The maximum atomic E-state index is 12.1. The van der Waals surface area contributed by atoms with E-state index in [1.165, 1.54) is 6.39 Å². The standard InChI is InChI=1S/C13H11N5O2/c1-8-6-14-17-11(8)16-12(19)9-2-4-10(5-3-9)13-18-15-7-20-13/h2-7H,1H3,(H2,14,16,17,19). The Morgan fingerprint density at radius 1 is 1.30 bits per heavy atom. The van der Waals surface area contributed by atoms with Gasteiger partial charge in [0.15, 0.2) is 0 Å². The smallest absolute Gasteiger partial charge is 0.256 e. The van der Waals surface area contributed by atoms with Gasteiger partial charge in [0.05, 0.1) is 6.20 Å². The third-order valence-corrected chi connectivity index (χ3v) is 2.82. The molecule has 0 radical (unpaired) electrons. The zero-order valence-electron chi connectivity index (χ0n) is 10.6. The van der Waals surface area contributed by atoms with Crippen molar-refractivity contribution in [2.24, 2.45) is 0 Å². The molecule has 7 heteroatoms. The van der Waals surface area contributed by atoms with Gasteiger partial charge in [0.1, 0.15) is 5.82 Å². The Kier molecular flexibility index (Phi) is 3.00. The molecule has 0 saturated heterocycles. The molecule has 20 heavy (non-hydrogen) atoms. The monoisotopic (exact) mass is 269 g/mol. The highest BCUT2D eigenvalue weighted by molar-refractivity contribution is 6.04. The van der Waals surface area contributed by atoms with Gasteiger partial charge in [0, 0.05) is 16.7 Å². The van der Waals surface area contributed by atoms with Crippen molar-refractivity contribution in [2.75, 3.05) is 5.32 Å². The van der Waals surface area contributed by atoms with Gasteiger partial charge < -0.3 is 9.73 Å². The van der Waals surface area contributed by atoms with Gasteiger partial charge >= 0.3 is 0 Å². The van der Waals surface area contributed by atoms with E-state index in [4.69, 9.17) is 4.42 Å². The van der Waals surface area contributed by atoms with Crippen molar-refractivity contribution in [1.29, 1.82) is 0 Å². The molecular formula is C13H11N5O2. The first kappa shape index (κ1) is 12.1. The summed E-state index contributed by atoms with van der Waals surface area (Å²) in [6.07, 6.45) is 2.91. The maximum absolute atomic E-state index is 12.1. The average molecular weight is 269 g/mol. The second-order valence-corrected chi connectivity index (χ2v) is 4.20. The number of anilines is 1. The molecule has 0 aliphatic rings. The van der Waals surface area contributed by atoms with E-state index >= 15 is 0 Å². The van der Waals surface area contributed by atoms with Crippen LogP contribution in [0.5, 0.6) is 0 Å². The van der Waals surface area contributed by atoms with Crippen LogP contribution in [0, 0.1) is 6.92 Å². The molecule has 100 valence electrons. The number of aromatic nitrogens is 4. The van der Waals surface area contributed by atoms with E-state index in [1.807, 2.05) is 6.92 Å². The summed E-state index contributed by atoms with van der Waals surface area (Å²) in [5.74, 6) is 0.798. The normalized spacial score (nSPS) is 10.4. The lowest BCUT2D eigenvalue weighted by molar-refractivity contribution is 0.102. The lowest BCUT2D eigenvalue weighted by Crippen LogP contribution is -2.12. The van der Waals surface area contributed by atoms with Crippen molar-refractivity contribution >= 4 is 11.7 Å². The predicted octanol–water partition coefficient (Wildman–Crippen LogP) is 2.02. The van der Waals surface area contributed by atoms with E-state index in [9.17, 15) is 4.79 Å². The number of rotatable bonds is 3. The Hall–Kier alpha value is -2.96.